The number of nitrogens with zero attached hydrogens (tertiary/aromatic N) is 1. The highest BCUT2D eigenvalue weighted by molar-refractivity contribution is 7.90. The summed E-state index contributed by atoms with van der Waals surface area (Å²) in [6.07, 6.45) is 1.34. The zero-order chi connectivity index (χ0) is 24.6. The molecular formula is C26H24N2O6S. The van der Waals surface area contributed by atoms with E-state index in [0.29, 0.717) is 30.9 Å². The minimum Gasteiger partial charge on any atom is -0.493 e. The molecule has 35 heavy (non-hydrogen) atoms. The van der Waals surface area contributed by atoms with Gasteiger partial charge in [-0.2, -0.15) is 0 Å². The monoisotopic (exact) mass is 492 g/mol. The number of ether oxygens (including phenoxy) is 2. The predicted octanol–water partition coefficient (Wildman–Crippen LogP) is 3.51. The fraction of sp³-hybridized carbons (Fsp3) is 0.231. The number of hydrogen-bond acceptors (Lipinski definition) is 6. The second-order valence-corrected chi connectivity index (χ2v) is 10.3. The van der Waals surface area contributed by atoms with Gasteiger partial charge in [-0.25, -0.2) is 12.7 Å². The zero-order valence-corrected chi connectivity index (χ0v) is 19.9. The molecule has 8 nitrogen and oxygen atoms in total. The molecule has 1 aliphatic carbocycles. The highest BCUT2D eigenvalue weighted by Crippen LogP contribution is 2.39. The number of methoxy groups -OCH3 is 1. The molecule has 0 spiro atoms. The summed E-state index contributed by atoms with van der Waals surface area (Å²) in [7, 11) is -2.38. The molecule has 1 saturated carbocycles. The number of nitrogens with one attached hydrogen (secondary N) is 1. The molecule has 5 rings (SSSR count). The molecule has 9 heteroatoms. The van der Waals surface area contributed by atoms with Crippen molar-refractivity contribution in [1.29, 1.82) is 0 Å². The van der Waals surface area contributed by atoms with E-state index in [-0.39, 0.29) is 28.6 Å². The fourth-order valence-electron chi connectivity index (χ4n) is 4.02. The van der Waals surface area contributed by atoms with Gasteiger partial charge in [-0.05, 0) is 54.3 Å². The van der Waals surface area contributed by atoms with Crippen molar-refractivity contribution in [1.82, 2.24) is 9.62 Å². The van der Waals surface area contributed by atoms with Crippen LogP contribution in [0.2, 0.25) is 0 Å². The van der Waals surface area contributed by atoms with Gasteiger partial charge < -0.3 is 14.8 Å². The molecule has 0 unspecified atom stereocenters. The third-order valence-corrected chi connectivity index (χ3v) is 7.88. The van der Waals surface area contributed by atoms with Gasteiger partial charge in [-0.1, -0.05) is 36.4 Å². The van der Waals surface area contributed by atoms with Crippen molar-refractivity contribution < 1.29 is 27.5 Å². The summed E-state index contributed by atoms with van der Waals surface area (Å²) < 4.78 is 37.9. The molecule has 180 valence electrons. The Morgan fingerprint density at radius 3 is 2.49 bits per heavy atom. The summed E-state index contributed by atoms with van der Waals surface area (Å²) in [6, 6.07) is 19.0. The zero-order valence-electron chi connectivity index (χ0n) is 19.1. The Morgan fingerprint density at radius 2 is 1.77 bits per heavy atom. The lowest BCUT2D eigenvalue weighted by molar-refractivity contribution is 0.0863. The van der Waals surface area contributed by atoms with E-state index in [1.165, 1.54) is 18.2 Å². The summed E-state index contributed by atoms with van der Waals surface area (Å²) in [5, 5.41) is 2.79. The number of carbonyl (C=O) groups is 2. The van der Waals surface area contributed by atoms with Crippen LogP contribution in [0.4, 0.5) is 0 Å². The average molecular weight is 493 g/mol. The lowest BCUT2D eigenvalue weighted by atomic mass is 10.1. The van der Waals surface area contributed by atoms with Crippen LogP contribution in [-0.4, -0.2) is 37.7 Å². The first-order chi connectivity index (χ1) is 16.9. The van der Waals surface area contributed by atoms with Crippen molar-refractivity contribution in [2.75, 3.05) is 7.11 Å². The summed E-state index contributed by atoms with van der Waals surface area (Å²) in [5.74, 6) is 0.162. The summed E-state index contributed by atoms with van der Waals surface area (Å²) in [5.41, 5.74) is 2.10. The molecule has 2 amide bonds. The van der Waals surface area contributed by atoms with Crippen molar-refractivity contribution in [3.05, 3.63) is 89.0 Å². The van der Waals surface area contributed by atoms with Crippen LogP contribution in [-0.2, 0) is 23.2 Å². The first-order valence-corrected chi connectivity index (χ1v) is 12.7. The lowest BCUT2D eigenvalue weighted by Gasteiger charge is -2.13. The number of amides is 2. The van der Waals surface area contributed by atoms with Crippen LogP contribution in [0.25, 0.3) is 0 Å². The Kier molecular flexibility index (Phi) is 5.94. The van der Waals surface area contributed by atoms with Crippen LogP contribution < -0.4 is 14.8 Å². The number of rotatable bonds is 8. The first kappa shape index (κ1) is 22.9. The van der Waals surface area contributed by atoms with E-state index in [1.807, 2.05) is 36.4 Å². The number of carbonyl (C=O) groups excluding carboxylic acids is 2. The summed E-state index contributed by atoms with van der Waals surface area (Å²) >= 11 is 0. The third kappa shape index (κ3) is 4.46. The molecule has 0 saturated heterocycles. The van der Waals surface area contributed by atoms with E-state index < -0.39 is 21.8 Å². The smallest absolute Gasteiger partial charge is 0.269 e. The Bertz CT molecular complexity index is 1400. The standard InChI is InChI=1S/C26H24N2O6S/c1-33-23-13-18(7-12-22(23)34-16-17-5-3-2-4-6-17)15-27-25(29)19-8-11-21-24(14-19)35(31,32)28(26(21)30)20-9-10-20/h2-8,11-14,20H,9-10,15-16H2,1H3,(H,27,29). The molecule has 0 bridgehead atoms. The van der Waals surface area contributed by atoms with Gasteiger partial charge in [0.25, 0.3) is 21.8 Å². The van der Waals surface area contributed by atoms with Crippen LogP contribution >= 0.6 is 0 Å². The van der Waals surface area contributed by atoms with Crippen molar-refractivity contribution in [3.8, 4) is 11.5 Å². The van der Waals surface area contributed by atoms with Gasteiger partial charge >= 0.3 is 0 Å². The Labute approximate surface area is 203 Å². The molecular weight excluding hydrogens is 468 g/mol. The van der Waals surface area contributed by atoms with E-state index >= 15 is 0 Å². The van der Waals surface area contributed by atoms with E-state index in [9.17, 15) is 18.0 Å². The van der Waals surface area contributed by atoms with E-state index in [0.717, 1.165) is 15.4 Å². The molecule has 1 N–H and O–H groups in total. The molecule has 0 radical (unpaired) electrons. The molecule has 0 aromatic heterocycles. The predicted molar refractivity (Wildman–Crippen MR) is 128 cm³/mol. The van der Waals surface area contributed by atoms with E-state index in [1.54, 1.807) is 19.2 Å². The first-order valence-electron chi connectivity index (χ1n) is 11.2. The molecule has 1 aliphatic heterocycles. The second kappa shape index (κ2) is 9.07. The molecule has 1 heterocycles. The van der Waals surface area contributed by atoms with Crippen LogP contribution in [0.15, 0.2) is 71.6 Å². The van der Waals surface area contributed by atoms with Gasteiger partial charge in [0, 0.05) is 18.2 Å². The molecule has 1 fully saturated rings. The second-order valence-electron chi connectivity index (χ2n) is 8.49. The van der Waals surface area contributed by atoms with E-state index in [4.69, 9.17) is 9.47 Å². The number of hydrogen-bond donors (Lipinski definition) is 1. The van der Waals surface area contributed by atoms with Crippen LogP contribution in [0.5, 0.6) is 11.5 Å². The average Bonchev–Trinajstić information content (AvgIpc) is 3.68. The topological polar surface area (TPSA) is 102 Å². The maximum atomic E-state index is 12.8. The Balaban J connectivity index is 1.26. The SMILES string of the molecule is COc1cc(CNC(=O)c2ccc3c(c2)S(=O)(=O)N(C2CC2)C3=O)ccc1OCc1ccccc1. The molecule has 3 aromatic carbocycles. The maximum absolute atomic E-state index is 12.8. The molecule has 0 atom stereocenters. The highest BCUT2D eigenvalue weighted by Gasteiger charge is 2.48. The van der Waals surface area contributed by atoms with Gasteiger partial charge in [-0.15, -0.1) is 0 Å². The molecule has 2 aliphatic rings. The van der Waals surface area contributed by atoms with Crippen molar-refractivity contribution in [2.24, 2.45) is 0 Å². The highest BCUT2D eigenvalue weighted by atomic mass is 32.2. The Hall–Kier alpha value is -3.85. The third-order valence-electron chi connectivity index (χ3n) is 6.01. The summed E-state index contributed by atoms with van der Waals surface area (Å²) in [4.78, 5) is 25.2. The van der Waals surface area contributed by atoms with E-state index in [2.05, 4.69) is 5.32 Å². The number of sulfonamides is 1. The van der Waals surface area contributed by atoms with Crippen molar-refractivity contribution in [3.63, 3.8) is 0 Å². The van der Waals surface area contributed by atoms with Crippen molar-refractivity contribution in [2.45, 2.75) is 36.9 Å². The fourth-order valence-corrected chi connectivity index (χ4v) is 5.86. The van der Waals surface area contributed by atoms with Gasteiger partial charge in [-0.3, -0.25) is 9.59 Å². The minimum absolute atomic E-state index is 0.108. The minimum atomic E-state index is -3.92. The van der Waals surface area contributed by atoms with Gasteiger partial charge in [0.1, 0.15) is 11.5 Å². The normalized spacial score (nSPS) is 16.0. The van der Waals surface area contributed by atoms with Gasteiger partial charge in [0.2, 0.25) is 0 Å². The van der Waals surface area contributed by atoms with Gasteiger partial charge in [0.15, 0.2) is 11.5 Å². The lowest BCUT2D eigenvalue weighted by Crippen LogP contribution is -2.32. The largest absolute Gasteiger partial charge is 0.493 e. The number of fused-ring (bicyclic) bond motifs is 1. The Morgan fingerprint density at radius 1 is 1.00 bits per heavy atom. The molecule has 3 aromatic rings. The number of benzene rings is 3. The quantitative estimate of drug-likeness (QED) is 0.516. The summed E-state index contributed by atoms with van der Waals surface area (Å²) in [6.45, 7) is 0.598. The van der Waals surface area contributed by atoms with Crippen molar-refractivity contribution >= 4 is 21.8 Å². The van der Waals surface area contributed by atoms with Crippen LogP contribution in [0.3, 0.4) is 0 Å². The van der Waals surface area contributed by atoms with Gasteiger partial charge in [0.05, 0.1) is 12.7 Å². The van der Waals surface area contributed by atoms with Crippen LogP contribution in [0.1, 0.15) is 44.7 Å². The van der Waals surface area contributed by atoms with Crippen LogP contribution in [0, 0.1) is 0 Å². The maximum Gasteiger partial charge on any atom is 0.269 e.